The second-order valence-corrected chi connectivity index (χ2v) is 18.5. The van der Waals surface area contributed by atoms with Gasteiger partial charge in [0.05, 0.1) is 0 Å². The normalized spacial score (nSPS) is 12.7. The molecule has 0 aliphatic rings. The van der Waals surface area contributed by atoms with Gasteiger partial charge in [-0.2, -0.15) is 0 Å². The molecule has 67 heavy (non-hydrogen) atoms. The molecule has 0 aromatic heterocycles. The second kappa shape index (κ2) is 55.2. The van der Waals surface area contributed by atoms with Crippen molar-refractivity contribution in [2.45, 2.75) is 271 Å². The van der Waals surface area contributed by atoms with Gasteiger partial charge in [-0.25, -0.2) is 0 Å². The Bertz CT molecular complexity index is 1300. The molecule has 0 spiro atoms. The highest BCUT2D eigenvalue weighted by Gasteiger charge is 2.19. The summed E-state index contributed by atoms with van der Waals surface area (Å²) >= 11 is 0. The van der Waals surface area contributed by atoms with Gasteiger partial charge in [-0.15, -0.1) is 0 Å². The van der Waals surface area contributed by atoms with Crippen LogP contribution < -0.4 is 0 Å². The van der Waals surface area contributed by atoms with Crippen LogP contribution in [0.3, 0.4) is 0 Å². The molecule has 0 saturated heterocycles. The Kier molecular flexibility index (Phi) is 52.4. The van der Waals surface area contributed by atoms with Crippen molar-refractivity contribution < 1.29 is 28.6 Å². The van der Waals surface area contributed by atoms with E-state index < -0.39 is 12.1 Å². The van der Waals surface area contributed by atoms with E-state index in [1.165, 1.54) is 141 Å². The molecule has 6 nitrogen and oxygen atoms in total. The highest BCUT2D eigenvalue weighted by Crippen LogP contribution is 2.15. The van der Waals surface area contributed by atoms with E-state index in [4.69, 9.17) is 14.2 Å². The van der Waals surface area contributed by atoms with E-state index in [0.29, 0.717) is 19.3 Å². The lowest BCUT2D eigenvalue weighted by atomic mass is 10.0. The minimum atomic E-state index is -0.810. The fourth-order valence-corrected chi connectivity index (χ4v) is 7.70. The SMILES string of the molecule is CC/C=C\C/C=C\C/C=C\C/C=C\CCC(=O)OC(COC(=O)CCCCCCCCC)COC(=O)CCCCCCCCCCCCCCCC/C=C\C/C=C\C/C=C\CCCCCCC. The molecule has 1 unspecified atom stereocenters. The Balaban J connectivity index is 4.11. The van der Waals surface area contributed by atoms with Crippen molar-refractivity contribution >= 4 is 17.9 Å². The maximum Gasteiger partial charge on any atom is 0.306 e. The lowest BCUT2D eigenvalue weighted by Gasteiger charge is -2.18. The summed E-state index contributed by atoms with van der Waals surface area (Å²) in [6.07, 6.45) is 72.0. The van der Waals surface area contributed by atoms with Crippen LogP contribution >= 0.6 is 0 Å². The van der Waals surface area contributed by atoms with Crippen molar-refractivity contribution in [2.75, 3.05) is 13.2 Å². The number of hydrogen-bond donors (Lipinski definition) is 0. The van der Waals surface area contributed by atoms with Crippen LogP contribution in [0.4, 0.5) is 0 Å². The van der Waals surface area contributed by atoms with Gasteiger partial charge >= 0.3 is 17.9 Å². The van der Waals surface area contributed by atoms with Crippen LogP contribution in [-0.2, 0) is 28.6 Å². The fraction of sp³-hybridized carbons (Fsp3) is 0.721. The molecule has 0 amide bonds. The Labute approximate surface area is 414 Å². The first-order chi connectivity index (χ1) is 33.0. The highest BCUT2D eigenvalue weighted by atomic mass is 16.6. The molecule has 0 aromatic carbocycles. The third-order valence-electron chi connectivity index (χ3n) is 11.9. The summed E-state index contributed by atoms with van der Waals surface area (Å²) in [4.78, 5) is 37.8. The van der Waals surface area contributed by atoms with Crippen molar-refractivity contribution in [3.05, 3.63) is 85.1 Å². The molecule has 0 aromatic rings. The van der Waals surface area contributed by atoms with Crippen molar-refractivity contribution in [1.29, 1.82) is 0 Å². The largest absolute Gasteiger partial charge is 0.462 e. The zero-order valence-corrected chi connectivity index (χ0v) is 43.9. The smallest absolute Gasteiger partial charge is 0.306 e. The van der Waals surface area contributed by atoms with Crippen LogP contribution in [0.25, 0.3) is 0 Å². The van der Waals surface area contributed by atoms with Crippen molar-refractivity contribution in [1.82, 2.24) is 0 Å². The van der Waals surface area contributed by atoms with Crippen molar-refractivity contribution in [2.24, 2.45) is 0 Å². The molecule has 0 rings (SSSR count). The predicted octanol–water partition coefficient (Wildman–Crippen LogP) is 18.8. The molecule has 1 atom stereocenters. The van der Waals surface area contributed by atoms with Gasteiger partial charge in [0, 0.05) is 19.3 Å². The maximum atomic E-state index is 12.7. The third-order valence-corrected chi connectivity index (χ3v) is 11.9. The van der Waals surface area contributed by atoms with Gasteiger partial charge in [0.25, 0.3) is 0 Å². The summed E-state index contributed by atoms with van der Waals surface area (Å²) in [5.41, 5.74) is 0. The molecular formula is C61H104O6. The van der Waals surface area contributed by atoms with Crippen molar-refractivity contribution in [3.63, 3.8) is 0 Å². The number of rotatable bonds is 50. The number of allylic oxidation sites excluding steroid dienone is 14. The molecule has 0 aliphatic carbocycles. The summed E-state index contributed by atoms with van der Waals surface area (Å²) in [5.74, 6) is -0.992. The van der Waals surface area contributed by atoms with Gasteiger partial charge in [0.1, 0.15) is 13.2 Å². The zero-order chi connectivity index (χ0) is 48.6. The second-order valence-electron chi connectivity index (χ2n) is 18.5. The quantitative estimate of drug-likeness (QED) is 0.0262. The topological polar surface area (TPSA) is 78.9 Å². The molecule has 6 heteroatoms. The van der Waals surface area contributed by atoms with Crippen LogP contribution in [0.2, 0.25) is 0 Å². The molecule has 0 radical (unpaired) electrons. The van der Waals surface area contributed by atoms with Crippen LogP contribution in [0.5, 0.6) is 0 Å². The van der Waals surface area contributed by atoms with E-state index >= 15 is 0 Å². The molecule has 0 aliphatic heterocycles. The maximum absolute atomic E-state index is 12.7. The van der Waals surface area contributed by atoms with Gasteiger partial charge in [-0.05, 0) is 83.5 Å². The number of carbonyl (C=O) groups is 3. The lowest BCUT2D eigenvalue weighted by Crippen LogP contribution is -2.30. The first-order valence-corrected chi connectivity index (χ1v) is 28.1. The molecule has 0 fully saturated rings. The Morgan fingerprint density at radius 2 is 0.612 bits per heavy atom. The predicted molar refractivity (Wildman–Crippen MR) is 288 cm³/mol. The Morgan fingerprint density at radius 3 is 0.970 bits per heavy atom. The molecule has 0 heterocycles. The molecule has 384 valence electrons. The van der Waals surface area contributed by atoms with Gasteiger partial charge in [0.2, 0.25) is 0 Å². The standard InChI is InChI=1S/C61H104O6/c1-4-7-10-13-16-18-20-22-23-24-25-26-27-28-29-30-31-32-33-34-35-36-37-39-40-42-45-48-51-54-60(63)66-57-58(56-65-59(62)53-50-47-44-15-12-9-6-3)67-61(64)55-52-49-46-43-41-38-21-19-17-14-11-8-5-2/h8,11,17,19-20,22,24-25,27-28,38,41,46,49,58H,4-7,9-10,12-16,18,21,23,26,29-37,39-40,42-45,47-48,50-57H2,1-3H3/b11-8-,19-17-,22-20-,25-24-,28-27-,41-38-,49-46-. The summed E-state index contributed by atoms with van der Waals surface area (Å²) in [7, 11) is 0. The molecular weight excluding hydrogens is 829 g/mol. The van der Waals surface area contributed by atoms with Gasteiger partial charge in [-0.1, -0.05) is 247 Å². The van der Waals surface area contributed by atoms with Crippen LogP contribution in [-0.4, -0.2) is 37.2 Å². The minimum absolute atomic E-state index is 0.104. The average molecular weight is 933 g/mol. The lowest BCUT2D eigenvalue weighted by molar-refractivity contribution is -0.166. The third kappa shape index (κ3) is 53.4. The number of carbonyl (C=O) groups excluding carboxylic acids is 3. The van der Waals surface area contributed by atoms with E-state index in [2.05, 4.69) is 93.7 Å². The molecule has 0 N–H and O–H groups in total. The first kappa shape index (κ1) is 63.6. The van der Waals surface area contributed by atoms with Crippen LogP contribution in [0.15, 0.2) is 85.1 Å². The van der Waals surface area contributed by atoms with Gasteiger partial charge in [-0.3, -0.25) is 14.4 Å². The summed E-state index contributed by atoms with van der Waals surface area (Å²) < 4.78 is 16.7. The fourth-order valence-electron chi connectivity index (χ4n) is 7.70. The van der Waals surface area contributed by atoms with E-state index in [9.17, 15) is 14.4 Å². The zero-order valence-electron chi connectivity index (χ0n) is 43.9. The molecule has 0 saturated carbocycles. The van der Waals surface area contributed by atoms with Crippen LogP contribution in [0.1, 0.15) is 265 Å². The first-order valence-electron chi connectivity index (χ1n) is 28.1. The number of esters is 3. The Morgan fingerprint density at radius 1 is 0.313 bits per heavy atom. The van der Waals surface area contributed by atoms with E-state index in [1.54, 1.807) is 0 Å². The van der Waals surface area contributed by atoms with Gasteiger partial charge < -0.3 is 14.2 Å². The average Bonchev–Trinajstić information content (AvgIpc) is 3.33. The number of ether oxygens (including phenoxy) is 3. The summed E-state index contributed by atoms with van der Waals surface area (Å²) in [6, 6.07) is 0. The van der Waals surface area contributed by atoms with Crippen molar-refractivity contribution in [3.8, 4) is 0 Å². The Hall–Kier alpha value is -3.41. The minimum Gasteiger partial charge on any atom is -0.462 e. The highest BCUT2D eigenvalue weighted by molar-refractivity contribution is 5.71. The van der Waals surface area contributed by atoms with E-state index in [1.807, 2.05) is 12.2 Å². The van der Waals surface area contributed by atoms with E-state index in [-0.39, 0.29) is 31.6 Å². The van der Waals surface area contributed by atoms with E-state index in [0.717, 1.165) is 77.0 Å². The summed E-state index contributed by atoms with van der Waals surface area (Å²) in [6.45, 7) is 6.41. The van der Waals surface area contributed by atoms with Gasteiger partial charge in [0.15, 0.2) is 6.10 Å². The van der Waals surface area contributed by atoms with Crippen LogP contribution in [0, 0.1) is 0 Å². The summed E-state index contributed by atoms with van der Waals surface area (Å²) in [5, 5.41) is 0. The monoisotopic (exact) mass is 933 g/mol. The number of hydrogen-bond acceptors (Lipinski definition) is 6. The number of unbranched alkanes of at least 4 members (excludes halogenated alkanes) is 25. The molecule has 0 bridgehead atoms.